The van der Waals surface area contributed by atoms with Crippen LogP contribution in [0, 0.1) is 0 Å². The van der Waals surface area contributed by atoms with Crippen molar-refractivity contribution in [2.45, 2.75) is 52.9 Å². The summed E-state index contributed by atoms with van der Waals surface area (Å²) in [7, 11) is 0. The quantitative estimate of drug-likeness (QED) is 0.846. The molecular formula is C17H25N3O. The number of imidazole rings is 1. The Morgan fingerprint density at radius 1 is 1.24 bits per heavy atom. The third kappa shape index (κ3) is 4.60. The summed E-state index contributed by atoms with van der Waals surface area (Å²) in [5.41, 5.74) is 2.33. The summed E-state index contributed by atoms with van der Waals surface area (Å²) in [6.45, 7) is 9.98. The van der Waals surface area contributed by atoms with E-state index in [1.165, 1.54) is 5.56 Å². The monoisotopic (exact) mass is 287 g/mol. The van der Waals surface area contributed by atoms with Crippen molar-refractivity contribution in [3.63, 3.8) is 0 Å². The fourth-order valence-corrected chi connectivity index (χ4v) is 2.13. The van der Waals surface area contributed by atoms with E-state index < -0.39 is 0 Å². The maximum absolute atomic E-state index is 5.90. The third-order valence-electron chi connectivity index (χ3n) is 3.30. The van der Waals surface area contributed by atoms with Crippen LogP contribution in [0.25, 0.3) is 0 Å². The van der Waals surface area contributed by atoms with E-state index in [1.54, 1.807) is 0 Å². The number of ether oxygens (including phenoxy) is 1. The molecule has 21 heavy (non-hydrogen) atoms. The molecule has 1 N–H and O–H groups in total. The summed E-state index contributed by atoms with van der Waals surface area (Å²) < 4.78 is 8.03. The molecule has 0 saturated heterocycles. The highest BCUT2D eigenvalue weighted by Gasteiger charge is 2.06. The number of nitrogens with one attached hydrogen (secondary N) is 1. The number of nitrogens with zero attached hydrogens (tertiary/aromatic N) is 2. The Morgan fingerprint density at radius 3 is 2.76 bits per heavy atom. The molecule has 2 rings (SSSR count). The lowest BCUT2D eigenvalue weighted by atomic mass is 10.2. The number of hydrogen-bond acceptors (Lipinski definition) is 3. The summed E-state index contributed by atoms with van der Waals surface area (Å²) in [6, 6.07) is 9.11. The molecular weight excluding hydrogens is 262 g/mol. The van der Waals surface area contributed by atoms with Gasteiger partial charge in [0.05, 0.1) is 18.2 Å². The van der Waals surface area contributed by atoms with E-state index in [0.29, 0.717) is 18.7 Å². The third-order valence-corrected chi connectivity index (χ3v) is 3.30. The topological polar surface area (TPSA) is 39.1 Å². The Morgan fingerprint density at radius 2 is 2.05 bits per heavy atom. The SMILES string of the molecule is CC(C)NCc1cccc(OCc2cncn2C(C)C)c1. The predicted molar refractivity (Wildman–Crippen MR) is 85.4 cm³/mol. The molecule has 4 heteroatoms. The Kier molecular flexibility index (Phi) is 5.39. The van der Waals surface area contributed by atoms with Gasteiger partial charge in [-0.15, -0.1) is 0 Å². The first-order chi connectivity index (χ1) is 10.1. The summed E-state index contributed by atoms with van der Waals surface area (Å²) in [6.07, 6.45) is 3.72. The summed E-state index contributed by atoms with van der Waals surface area (Å²) in [5.74, 6) is 0.898. The predicted octanol–water partition coefficient (Wildman–Crippen LogP) is 3.54. The highest BCUT2D eigenvalue weighted by molar-refractivity contribution is 5.28. The lowest BCUT2D eigenvalue weighted by molar-refractivity contribution is 0.291. The van der Waals surface area contributed by atoms with E-state index in [0.717, 1.165) is 18.0 Å². The maximum Gasteiger partial charge on any atom is 0.130 e. The van der Waals surface area contributed by atoms with E-state index in [1.807, 2.05) is 24.7 Å². The van der Waals surface area contributed by atoms with Crippen molar-refractivity contribution in [3.8, 4) is 5.75 Å². The van der Waals surface area contributed by atoms with Crippen LogP contribution in [-0.2, 0) is 13.2 Å². The standard InChI is InChI=1S/C17H25N3O/c1-13(2)19-9-15-6-5-7-17(8-15)21-11-16-10-18-12-20(16)14(3)4/h5-8,10,12-14,19H,9,11H2,1-4H3. The van der Waals surface area contributed by atoms with Gasteiger partial charge in [-0.1, -0.05) is 26.0 Å². The molecule has 0 amide bonds. The van der Waals surface area contributed by atoms with Crippen molar-refractivity contribution in [1.29, 1.82) is 0 Å². The van der Waals surface area contributed by atoms with Crippen LogP contribution in [-0.4, -0.2) is 15.6 Å². The highest BCUT2D eigenvalue weighted by atomic mass is 16.5. The van der Waals surface area contributed by atoms with Crippen LogP contribution in [0.4, 0.5) is 0 Å². The summed E-state index contributed by atoms with van der Waals surface area (Å²) in [4.78, 5) is 4.20. The molecule has 2 aromatic rings. The molecule has 0 saturated carbocycles. The average molecular weight is 287 g/mol. The number of aromatic nitrogens is 2. The second-order valence-electron chi connectivity index (χ2n) is 5.86. The van der Waals surface area contributed by atoms with E-state index in [4.69, 9.17) is 4.74 Å². The fourth-order valence-electron chi connectivity index (χ4n) is 2.13. The summed E-state index contributed by atoms with van der Waals surface area (Å²) in [5, 5.41) is 3.41. The van der Waals surface area contributed by atoms with E-state index in [9.17, 15) is 0 Å². The minimum atomic E-state index is 0.396. The van der Waals surface area contributed by atoms with Crippen molar-refractivity contribution in [1.82, 2.24) is 14.9 Å². The molecule has 0 aliphatic rings. The minimum absolute atomic E-state index is 0.396. The molecule has 4 nitrogen and oxygen atoms in total. The van der Waals surface area contributed by atoms with Crippen molar-refractivity contribution in [3.05, 3.63) is 48.0 Å². The van der Waals surface area contributed by atoms with Gasteiger partial charge in [-0.3, -0.25) is 0 Å². The zero-order valence-electron chi connectivity index (χ0n) is 13.3. The Bertz CT molecular complexity index is 561. The van der Waals surface area contributed by atoms with Crippen LogP contribution in [0.15, 0.2) is 36.8 Å². The molecule has 114 valence electrons. The van der Waals surface area contributed by atoms with Crippen molar-refractivity contribution < 1.29 is 4.74 Å². The molecule has 0 unspecified atom stereocenters. The normalized spacial score (nSPS) is 11.3. The molecule has 0 aliphatic heterocycles. The van der Waals surface area contributed by atoms with Gasteiger partial charge in [0.1, 0.15) is 12.4 Å². The molecule has 0 fully saturated rings. The highest BCUT2D eigenvalue weighted by Crippen LogP contribution is 2.16. The van der Waals surface area contributed by atoms with Crippen LogP contribution in [0.3, 0.4) is 0 Å². The van der Waals surface area contributed by atoms with E-state index in [-0.39, 0.29) is 0 Å². The van der Waals surface area contributed by atoms with E-state index >= 15 is 0 Å². The van der Waals surface area contributed by atoms with Gasteiger partial charge in [0.25, 0.3) is 0 Å². The fraction of sp³-hybridized carbons (Fsp3) is 0.471. The first kappa shape index (κ1) is 15.6. The van der Waals surface area contributed by atoms with Crippen LogP contribution < -0.4 is 10.1 Å². The first-order valence-corrected chi connectivity index (χ1v) is 7.52. The van der Waals surface area contributed by atoms with Crippen molar-refractivity contribution >= 4 is 0 Å². The second kappa shape index (κ2) is 7.27. The molecule has 1 aromatic carbocycles. The van der Waals surface area contributed by atoms with Gasteiger partial charge in [-0.25, -0.2) is 4.98 Å². The van der Waals surface area contributed by atoms with Gasteiger partial charge in [-0.05, 0) is 31.5 Å². The molecule has 1 aromatic heterocycles. The molecule has 0 radical (unpaired) electrons. The van der Waals surface area contributed by atoms with Gasteiger partial charge in [0, 0.05) is 18.6 Å². The Hall–Kier alpha value is -1.81. The molecule has 0 atom stereocenters. The smallest absolute Gasteiger partial charge is 0.130 e. The van der Waals surface area contributed by atoms with Crippen LogP contribution in [0.5, 0.6) is 5.75 Å². The Labute approximate surface area is 127 Å². The minimum Gasteiger partial charge on any atom is -0.487 e. The van der Waals surface area contributed by atoms with Crippen LogP contribution in [0.1, 0.15) is 45.0 Å². The van der Waals surface area contributed by atoms with Gasteiger partial charge in [-0.2, -0.15) is 0 Å². The molecule has 0 aliphatic carbocycles. The zero-order valence-corrected chi connectivity index (χ0v) is 13.3. The number of benzene rings is 1. The number of rotatable bonds is 7. The summed E-state index contributed by atoms with van der Waals surface area (Å²) >= 11 is 0. The Balaban J connectivity index is 1.96. The van der Waals surface area contributed by atoms with Gasteiger partial charge in [0.2, 0.25) is 0 Å². The largest absolute Gasteiger partial charge is 0.487 e. The van der Waals surface area contributed by atoms with Crippen molar-refractivity contribution in [2.24, 2.45) is 0 Å². The van der Waals surface area contributed by atoms with E-state index in [2.05, 4.69) is 54.7 Å². The van der Waals surface area contributed by atoms with Crippen LogP contribution in [0.2, 0.25) is 0 Å². The van der Waals surface area contributed by atoms with Crippen molar-refractivity contribution in [2.75, 3.05) is 0 Å². The molecule has 1 heterocycles. The lowest BCUT2D eigenvalue weighted by Crippen LogP contribution is -2.21. The zero-order chi connectivity index (χ0) is 15.2. The number of hydrogen-bond donors (Lipinski definition) is 1. The second-order valence-corrected chi connectivity index (χ2v) is 5.86. The first-order valence-electron chi connectivity index (χ1n) is 7.52. The lowest BCUT2D eigenvalue weighted by Gasteiger charge is -2.13. The van der Waals surface area contributed by atoms with Crippen LogP contribution >= 0.6 is 0 Å². The maximum atomic E-state index is 5.90. The van der Waals surface area contributed by atoms with Gasteiger partial charge in [0.15, 0.2) is 0 Å². The molecule has 0 bridgehead atoms. The van der Waals surface area contributed by atoms with Gasteiger partial charge >= 0.3 is 0 Å². The average Bonchev–Trinajstić information content (AvgIpc) is 2.92. The van der Waals surface area contributed by atoms with Gasteiger partial charge < -0.3 is 14.6 Å². The molecule has 0 spiro atoms.